The normalized spacial score (nSPS) is 11.2. The fourth-order valence-corrected chi connectivity index (χ4v) is 3.42. The molecule has 1 aromatic heterocycles. The highest BCUT2D eigenvalue weighted by molar-refractivity contribution is 5.82. The van der Waals surface area contributed by atoms with Gasteiger partial charge in [-0.1, -0.05) is 0 Å². The molecule has 1 heterocycles. The molecule has 0 saturated carbocycles. The number of halogens is 4. The van der Waals surface area contributed by atoms with Crippen LogP contribution in [0, 0.1) is 23.3 Å². The Bertz CT molecular complexity index is 1090. The maximum atomic E-state index is 13.7. The van der Waals surface area contributed by atoms with Crippen molar-refractivity contribution >= 4 is 16.6 Å². The van der Waals surface area contributed by atoms with Gasteiger partial charge < -0.3 is 4.90 Å². The van der Waals surface area contributed by atoms with Crippen LogP contribution in [0.3, 0.4) is 0 Å². The summed E-state index contributed by atoms with van der Waals surface area (Å²) in [5.41, 5.74) is 2.35. The SMILES string of the molecule is Cn1cc2cc(N(Cc3cc(F)cc(F)c3)Cc3cc(F)cc(F)c3)ccc2n1. The third-order valence-electron chi connectivity index (χ3n) is 4.56. The second-order valence-corrected chi connectivity index (χ2v) is 6.96. The average molecular weight is 399 g/mol. The van der Waals surface area contributed by atoms with Gasteiger partial charge in [0.05, 0.1) is 5.52 Å². The zero-order chi connectivity index (χ0) is 20.5. The monoisotopic (exact) mass is 399 g/mol. The molecule has 0 aliphatic rings. The van der Waals surface area contributed by atoms with Crippen molar-refractivity contribution in [1.29, 1.82) is 0 Å². The number of hydrogen-bond donors (Lipinski definition) is 0. The molecule has 0 amide bonds. The van der Waals surface area contributed by atoms with Crippen LogP contribution in [0.5, 0.6) is 0 Å². The molecule has 4 rings (SSSR count). The maximum absolute atomic E-state index is 13.7. The van der Waals surface area contributed by atoms with E-state index in [9.17, 15) is 17.6 Å². The Morgan fingerprint density at radius 2 is 1.28 bits per heavy atom. The molecule has 0 fully saturated rings. The molecular formula is C22H17F4N3. The lowest BCUT2D eigenvalue weighted by atomic mass is 10.1. The van der Waals surface area contributed by atoms with Gasteiger partial charge in [0.1, 0.15) is 23.3 Å². The number of hydrogen-bond acceptors (Lipinski definition) is 2. The summed E-state index contributed by atoms with van der Waals surface area (Å²) >= 11 is 0. The minimum absolute atomic E-state index is 0.151. The first-order valence-electron chi connectivity index (χ1n) is 8.94. The number of anilines is 1. The molecule has 3 aromatic carbocycles. The number of fused-ring (bicyclic) bond motifs is 1. The minimum atomic E-state index is -0.681. The van der Waals surface area contributed by atoms with Gasteiger partial charge in [-0.3, -0.25) is 4.68 Å². The second kappa shape index (κ2) is 7.58. The highest BCUT2D eigenvalue weighted by atomic mass is 19.1. The van der Waals surface area contributed by atoms with Crippen LogP contribution in [0.15, 0.2) is 60.8 Å². The van der Waals surface area contributed by atoms with Gasteiger partial charge in [0.15, 0.2) is 0 Å². The fraction of sp³-hybridized carbons (Fsp3) is 0.136. The van der Waals surface area contributed by atoms with E-state index in [4.69, 9.17) is 0 Å². The molecule has 0 bridgehead atoms. The zero-order valence-corrected chi connectivity index (χ0v) is 15.5. The van der Waals surface area contributed by atoms with Crippen LogP contribution in [0.4, 0.5) is 23.2 Å². The first-order valence-corrected chi connectivity index (χ1v) is 8.94. The van der Waals surface area contributed by atoms with Gasteiger partial charge >= 0.3 is 0 Å². The molecule has 0 spiro atoms. The third kappa shape index (κ3) is 4.39. The van der Waals surface area contributed by atoms with Crippen molar-refractivity contribution in [2.45, 2.75) is 13.1 Å². The summed E-state index contributed by atoms with van der Waals surface area (Å²) < 4.78 is 56.3. The molecule has 148 valence electrons. The van der Waals surface area contributed by atoms with Crippen LogP contribution in [-0.2, 0) is 20.1 Å². The summed E-state index contributed by atoms with van der Waals surface area (Å²) in [6.07, 6.45) is 1.85. The molecule has 29 heavy (non-hydrogen) atoms. The lowest BCUT2D eigenvalue weighted by Gasteiger charge is -2.25. The number of aromatic nitrogens is 2. The van der Waals surface area contributed by atoms with Gasteiger partial charge in [0.25, 0.3) is 0 Å². The number of rotatable bonds is 5. The van der Waals surface area contributed by atoms with E-state index in [1.54, 1.807) is 9.58 Å². The van der Waals surface area contributed by atoms with E-state index < -0.39 is 23.3 Å². The number of benzene rings is 3. The molecule has 7 heteroatoms. The van der Waals surface area contributed by atoms with Crippen molar-refractivity contribution in [3.63, 3.8) is 0 Å². The van der Waals surface area contributed by atoms with E-state index in [1.165, 1.54) is 24.3 Å². The molecule has 0 saturated heterocycles. The standard InChI is InChI=1S/C22H17F4N3/c1-28-13-16-8-21(2-3-22(16)27-28)29(11-14-4-17(23)9-18(24)5-14)12-15-6-19(25)10-20(26)7-15/h2-10,13H,11-12H2,1H3. The maximum Gasteiger partial charge on any atom is 0.126 e. The van der Waals surface area contributed by atoms with Crippen molar-refractivity contribution in [1.82, 2.24) is 9.78 Å². The molecule has 0 N–H and O–H groups in total. The van der Waals surface area contributed by atoms with E-state index >= 15 is 0 Å². The molecular weight excluding hydrogens is 382 g/mol. The van der Waals surface area contributed by atoms with Crippen LogP contribution >= 0.6 is 0 Å². The average Bonchev–Trinajstić information content (AvgIpc) is 2.98. The third-order valence-corrected chi connectivity index (χ3v) is 4.56. The molecule has 0 aliphatic carbocycles. The summed E-state index contributed by atoms with van der Waals surface area (Å²) in [5, 5.41) is 5.21. The Hall–Kier alpha value is -3.35. The molecule has 0 aliphatic heterocycles. The Labute approximate surface area is 164 Å². The molecule has 0 radical (unpaired) electrons. The summed E-state index contributed by atoms with van der Waals surface area (Å²) in [6, 6.07) is 12.1. The first-order chi connectivity index (χ1) is 13.9. The quantitative estimate of drug-likeness (QED) is 0.423. The predicted octanol–water partition coefficient (Wildman–Crippen LogP) is 5.34. The van der Waals surface area contributed by atoms with Gasteiger partial charge in [-0.05, 0) is 53.6 Å². The van der Waals surface area contributed by atoms with Crippen molar-refractivity contribution in [3.8, 4) is 0 Å². The molecule has 4 aromatic rings. The molecule has 3 nitrogen and oxygen atoms in total. The summed E-state index contributed by atoms with van der Waals surface area (Å²) in [5.74, 6) is -2.72. The first kappa shape index (κ1) is 19.0. The van der Waals surface area contributed by atoms with Crippen LogP contribution in [0.2, 0.25) is 0 Å². The van der Waals surface area contributed by atoms with Gasteiger partial charge in [-0.2, -0.15) is 5.10 Å². The summed E-state index contributed by atoms with van der Waals surface area (Å²) in [6.45, 7) is 0.303. The summed E-state index contributed by atoms with van der Waals surface area (Å²) in [4.78, 5) is 1.80. The summed E-state index contributed by atoms with van der Waals surface area (Å²) in [7, 11) is 1.81. The van der Waals surface area contributed by atoms with Crippen molar-refractivity contribution in [3.05, 3.63) is 95.2 Å². The number of aryl methyl sites for hydroxylation is 1. The minimum Gasteiger partial charge on any atom is -0.363 e. The van der Waals surface area contributed by atoms with Gasteiger partial charge in [0, 0.05) is 49.5 Å². The Morgan fingerprint density at radius 3 is 1.79 bits per heavy atom. The smallest absolute Gasteiger partial charge is 0.126 e. The zero-order valence-electron chi connectivity index (χ0n) is 15.5. The van der Waals surface area contributed by atoms with Crippen LogP contribution in [-0.4, -0.2) is 9.78 Å². The van der Waals surface area contributed by atoms with Crippen molar-refractivity contribution in [2.24, 2.45) is 7.05 Å². The van der Waals surface area contributed by atoms with Gasteiger partial charge in [0.2, 0.25) is 0 Å². The van der Waals surface area contributed by atoms with E-state index in [0.717, 1.165) is 28.7 Å². The number of nitrogens with zero attached hydrogens (tertiary/aromatic N) is 3. The van der Waals surface area contributed by atoms with E-state index in [1.807, 2.05) is 31.4 Å². The Balaban J connectivity index is 1.73. The Kier molecular flexibility index (Phi) is 4.96. The van der Waals surface area contributed by atoms with Crippen LogP contribution in [0.25, 0.3) is 10.9 Å². The van der Waals surface area contributed by atoms with E-state index in [0.29, 0.717) is 11.1 Å². The van der Waals surface area contributed by atoms with Gasteiger partial charge in [-0.15, -0.1) is 0 Å². The predicted molar refractivity (Wildman–Crippen MR) is 103 cm³/mol. The largest absolute Gasteiger partial charge is 0.363 e. The van der Waals surface area contributed by atoms with E-state index in [-0.39, 0.29) is 13.1 Å². The van der Waals surface area contributed by atoms with Crippen LogP contribution < -0.4 is 4.90 Å². The highest BCUT2D eigenvalue weighted by Gasteiger charge is 2.13. The molecule has 0 unspecified atom stereocenters. The second-order valence-electron chi connectivity index (χ2n) is 6.96. The lowest BCUT2D eigenvalue weighted by Crippen LogP contribution is -2.22. The topological polar surface area (TPSA) is 21.1 Å². The lowest BCUT2D eigenvalue weighted by molar-refractivity contribution is 0.576. The highest BCUT2D eigenvalue weighted by Crippen LogP contribution is 2.25. The molecule has 0 atom stereocenters. The van der Waals surface area contributed by atoms with Crippen molar-refractivity contribution in [2.75, 3.05) is 4.90 Å². The van der Waals surface area contributed by atoms with Crippen molar-refractivity contribution < 1.29 is 17.6 Å². The Morgan fingerprint density at radius 1 is 0.759 bits per heavy atom. The fourth-order valence-electron chi connectivity index (χ4n) is 3.42. The van der Waals surface area contributed by atoms with E-state index in [2.05, 4.69) is 5.10 Å². The van der Waals surface area contributed by atoms with Crippen LogP contribution in [0.1, 0.15) is 11.1 Å². The van der Waals surface area contributed by atoms with Gasteiger partial charge in [-0.25, -0.2) is 17.6 Å².